The van der Waals surface area contributed by atoms with Gasteiger partial charge in [0.15, 0.2) is 5.78 Å². The molecule has 5 nitrogen and oxygen atoms in total. The molecule has 1 N–H and O–H groups in total. The summed E-state index contributed by atoms with van der Waals surface area (Å²) in [6, 6.07) is 5.92. The number of thiazole rings is 1. The Morgan fingerprint density at radius 2 is 1.86 bits per heavy atom. The Bertz CT molecular complexity index is 758. The molecule has 0 unspecified atom stereocenters. The highest BCUT2D eigenvalue weighted by Gasteiger charge is 2.14. The van der Waals surface area contributed by atoms with Crippen molar-refractivity contribution < 1.29 is 13.2 Å². The first-order valence-electron chi connectivity index (χ1n) is 6.83. The van der Waals surface area contributed by atoms with Crippen LogP contribution >= 0.6 is 11.3 Å². The first kappa shape index (κ1) is 16.8. The normalized spacial score (nSPS) is 11.6. The van der Waals surface area contributed by atoms with Crippen molar-refractivity contribution in [1.82, 2.24) is 9.71 Å². The summed E-state index contributed by atoms with van der Waals surface area (Å²) >= 11 is 1.58. The lowest BCUT2D eigenvalue weighted by Crippen LogP contribution is -2.26. The highest BCUT2D eigenvalue weighted by molar-refractivity contribution is 7.89. The Labute approximate surface area is 134 Å². The van der Waals surface area contributed by atoms with Crippen LogP contribution in [0.25, 0.3) is 0 Å². The number of aryl methyl sites for hydroxylation is 2. The molecule has 2 rings (SSSR count). The maximum Gasteiger partial charge on any atom is 0.240 e. The Balaban J connectivity index is 2.00. The number of carbonyl (C=O) groups excluding carboxylic acids is 1. The highest BCUT2D eigenvalue weighted by atomic mass is 32.2. The van der Waals surface area contributed by atoms with E-state index in [1.54, 1.807) is 11.3 Å². The van der Waals surface area contributed by atoms with Crippen LogP contribution in [0.5, 0.6) is 0 Å². The second kappa shape index (κ2) is 6.68. The number of nitrogens with one attached hydrogen (secondary N) is 1. The lowest BCUT2D eigenvalue weighted by Gasteiger charge is -2.06. The van der Waals surface area contributed by atoms with E-state index >= 15 is 0 Å². The van der Waals surface area contributed by atoms with Crippen LogP contribution in [0.4, 0.5) is 0 Å². The van der Waals surface area contributed by atoms with Crippen LogP contribution in [-0.4, -0.2) is 25.7 Å². The smallest absolute Gasteiger partial charge is 0.240 e. The Kier molecular flexibility index (Phi) is 5.10. The van der Waals surface area contributed by atoms with Crippen LogP contribution in [0.1, 0.15) is 32.9 Å². The van der Waals surface area contributed by atoms with Gasteiger partial charge in [-0.15, -0.1) is 11.3 Å². The van der Waals surface area contributed by atoms with Crippen molar-refractivity contribution in [3.05, 3.63) is 45.4 Å². The summed E-state index contributed by atoms with van der Waals surface area (Å²) in [4.78, 5) is 16.9. The van der Waals surface area contributed by atoms with Gasteiger partial charge in [0.1, 0.15) is 0 Å². The van der Waals surface area contributed by atoms with E-state index in [1.807, 2.05) is 13.8 Å². The molecule has 0 aliphatic carbocycles. The number of nitrogens with zero attached hydrogens (tertiary/aromatic N) is 1. The van der Waals surface area contributed by atoms with Crippen molar-refractivity contribution in [2.45, 2.75) is 32.1 Å². The standard InChI is InChI=1S/C15H18N2O3S2/c1-10-12(3)21-15(17-10)8-9-16-22(19,20)14-6-4-13(5-7-14)11(2)18/h4-7,16H,8-9H2,1-3H3. The Morgan fingerprint density at radius 3 is 2.36 bits per heavy atom. The van der Waals surface area contributed by atoms with Crippen LogP contribution < -0.4 is 4.72 Å². The van der Waals surface area contributed by atoms with E-state index in [9.17, 15) is 13.2 Å². The van der Waals surface area contributed by atoms with Crippen LogP contribution in [0.15, 0.2) is 29.2 Å². The third kappa shape index (κ3) is 4.00. The topological polar surface area (TPSA) is 76.1 Å². The number of sulfonamides is 1. The van der Waals surface area contributed by atoms with Crippen molar-refractivity contribution in [1.29, 1.82) is 0 Å². The highest BCUT2D eigenvalue weighted by Crippen LogP contribution is 2.17. The molecular formula is C15H18N2O3S2. The van der Waals surface area contributed by atoms with E-state index in [2.05, 4.69) is 9.71 Å². The van der Waals surface area contributed by atoms with Gasteiger partial charge in [0.05, 0.1) is 15.6 Å². The molecule has 1 heterocycles. The number of hydrogen-bond acceptors (Lipinski definition) is 5. The maximum absolute atomic E-state index is 12.2. The van der Waals surface area contributed by atoms with E-state index in [1.165, 1.54) is 31.2 Å². The average Bonchev–Trinajstić information content (AvgIpc) is 2.77. The molecule has 118 valence electrons. The van der Waals surface area contributed by atoms with Crippen LogP contribution in [0.3, 0.4) is 0 Å². The summed E-state index contributed by atoms with van der Waals surface area (Å²) in [7, 11) is -3.56. The molecule has 0 aliphatic rings. The van der Waals surface area contributed by atoms with Crippen molar-refractivity contribution in [3.8, 4) is 0 Å². The minimum Gasteiger partial charge on any atom is -0.295 e. The van der Waals surface area contributed by atoms with E-state index < -0.39 is 10.0 Å². The molecule has 0 atom stereocenters. The minimum absolute atomic E-state index is 0.0913. The summed E-state index contributed by atoms with van der Waals surface area (Å²) < 4.78 is 26.9. The van der Waals surface area contributed by atoms with Crippen molar-refractivity contribution in [2.24, 2.45) is 0 Å². The molecule has 0 saturated heterocycles. The van der Waals surface area contributed by atoms with Crippen LogP contribution in [-0.2, 0) is 16.4 Å². The quantitative estimate of drug-likeness (QED) is 0.821. The molecular weight excluding hydrogens is 320 g/mol. The molecule has 1 aromatic carbocycles. The van der Waals surface area contributed by atoms with Gasteiger partial charge in [-0.3, -0.25) is 4.79 Å². The fraction of sp³-hybridized carbons (Fsp3) is 0.333. The zero-order valence-electron chi connectivity index (χ0n) is 12.7. The van der Waals surface area contributed by atoms with Crippen LogP contribution in [0, 0.1) is 13.8 Å². The summed E-state index contributed by atoms with van der Waals surface area (Å²) in [6.07, 6.45) is 0.560. The molecule has 0 bridgehead atoms. The monoisotopic (exact) mass is 338 g/mol. The number of carbonyl (C=O) groups is 1. The van der Waals surface area contributed by atoms with Gasteiger partial charge in [-0.25, -0.2) is 18.1 Å². The summed E-state index contributed by atoms with van der Waals surface area (Å²) in [5, 5.41) is 0.921. The fourth-order valence-electron chi connectivity index (χ4n) is 1.89. The van der Waals surface area contributed by atoms with Gasteiger partial charge in [-0.2, -0.15) is 0 Å². The zero-order valence-corrected chi connectivity index (χ0v) is 14.3. The molecule has 0 radical (unpaired) electrons. The molecule has 0 spiro atoms. The molecule has 22 heavy (non-hydrogen) atoms. The number of rotatable bonds is 6. The molecule has 7 heteroatoms. The van der Waals surface area contributed by atoms with Crippen molar-refractivity contribution in [2.75, 3.05) is 6.54 Å². The Hall–Kier alpha value is -1.57. The van der Waals surface area contributed by atoms with E-state index in [0.29, 0.717) is 18.5 Å². The van der Waals surface area contributed by atoms with Gasteiger partial charge in [-0.05, 0) is 32.9 Å². The SMILES string of the molecule is CC(=O)c1ccc(S(=O)(=O)NCCc2nc(C)c(C)s2)cc1. The predicted octanol–water partition coefficient (Wildman–Crippen LogP) is 2.48. The first-order valence-corrected chi connectivity index (χ1v) is 9.13. The van der Waals surface area contributed by atoms with E-state index in [-0.39, 0.29) is 10.7 Å². The summed E-state index contributed by atoms with van der Waals surface area (Å²) in [6.45, 7) is 5.68. The summed E-state index contributed by atoms with van der Waals surface area (Å²) in [5.74, 6) is -0.0913. The van der Waals surface area contributed by atoms with E-state index in [4.69, 9.17) is 0 Å². The largest absolute Gasteiger partial charge is 0.295 e. The lowest BCUT2D eigenvalue weighted by atomic mass is 10.2. The second-order valence-electron chi connectivity index (χ2n) is 4.98. The number of Topliss-reactive ketones (excluding diaryl/α,β-unsaturated/α-hetero) is 1. The molecule has 0 amide bonds. The van der Waals surface area contributed by atoms with Gasteiger partial charge < -0.3 is 0 Å². The first-order chi connectivity index (χ1) is 10.3. The average molecular weight is 338 g/mol. The summed E-state index contributed by atoms with van der Waals surface area (Å²) in [5.41, 5.74) is 1.48. The van der Waals surface area contributed by atoms with E-state index in [0.717, 1.165) is 15.6 Å². The van der Waals surface area contributed by atoms with Gasteiger partial charge >= 0.3 is 0 Å². The van der Waals surface area contributed by atoms with Crippen LogP contribution in [0.2, 0.25) is 0 Å². The number of hydrogen-bond donors (Lipinski definition) is 1. The number of aromatic nitrogens is 1. The third-order valence-electron chi connectivity index (χ3n) is 3.27. The number of benzene rings is 1. The second-order valence-corrected chi connectivity index (χ2v) is 8.03. The third-order valence-corrected chi connectivity index (χ3v) is 5.88. The maximum atomic E-state index is 12.2. The minimum atomic E-state index is -3.56. The Morgan fingerprint density at radius 1 is 1.23 bits per heavy atom. The zero-order chi connectivity index (χ0) is 16.3. The molecule has 2 aromatic rings. The lowest BCUT2D eigenvalue weighted by molar-refractivity contribution is 0.101. The predicted molar refractivity (Wildman–Crippen MR) is 86.9 cm³/mol. The van der Waals surface area contributed by atoms with Gasteiger partial charge in [0, 0.05) is 23.4 Å². The molecule has 0 fully saturated rings. The van der Waals surface area contributed by atoms with Crippen molar-refractivity contribution in [3.63, 3.8) is 0 Å². The number of ketones is 1. The van der Waals surface area contributed by atoms with Crippen molar-refractivity contribution >= 4 is 27.1 Å². The van der Waals surface area contributed by atoms with Gasteiger partial charge in [0.2, 0.25) is 10.0 Å². The van der Waals surface area contributed by atoms with Gasteiger partial charge in [-0.1, -0.05) is 12.1 Å². The molecule has 0 saturated carbocycles. The van der Waals surface area contributed by atoms with Gasteiger partial charge in [0.25, 0.3) is 0 Å². The fourth-order valence-corrected chi connectivity index (χ4v) is 3.86. The molecule has 0 aliphatic heterocycles. The molecule has 1 aromatic heterocycles.